The monoisotopic (exact) mass is 191 g/mol. The lowest BCUT2D eigenvalue weighted by Gasteiger charge is -2.37. The number of rotatable bonds is 5. The third-order valence-electron chi connectivity index (χ3n) is 3.08. The van der Waals surface area contributed by atoms with E-state index in [0.717, 1.165) is 19.3 Å². The van der Waals surface area contributed by atoms with Crippen LogP contribution in [-0.4, -0.2) is 22.2 Å². The Labute approximate surface area is 81.6 Å². The van der Waals surface area contributed by atoms with Crippen molar-refractivity contribution in [2.45, 2.75) is 58.6 Å². The number of nitrogens with two attached hydrogens (primary N) is 1. The van der Waals surface area contributed by atoms with E-state index in [-0.39, 0.29) is 23.0 Å². The highest BCUT2D eigenvalue weighted by atomic mass is 16.3. The first-order valence-corrected chi connectivity index (χ1v) is 4.98. The van der Waals surface area contributed by atoms with Crippen molar-refractivity contribution in [2.75, 3.05) is 0 Å². The lowest BCUT2D eigenvalue weighted by molar-refractivity contribution is 0.0649. The van der Waals surface area contributed by atoms with Gasteiger partial charge in [0, 0.05) is 11.5 Å². The average molecular weight is 191 g/mol. The van der Waals surface area contributed by atoms with Crippen LogP contribution in [0.5, 0.6) is 0 Å². The number of hydrogen-bond acceptors (Lipinski definition) is 2. The Bertz CT molecular complexity index is 122. The predicted octanol–water partition coefficient (Wildman–Crippen LogP) is 1.09. The SMILES string of the molecule is CCC(C(C)O)C(N)(CC)CC.O. The molecular weight excluding hydrogens is 166 g/mol. The van der Waals surface area contributed by atoms with Crippen LogP contribution in [0.2, 0.25) is 0 Å². The van der Waals surface area contributed by atoms with E-state index >= 15 is 0 Å². The van der Waals surface area contributed by atoms with Gasteiger partial charge >= 0.3 is 0 Å². The van der Waals surface area contributed by atoms with Gasteiger partial charge in [-0.25, -0.2) is 0 Å². The Balaban J connectivity index is 0. The summed E-state index contributed by atoms with van der Waals surface area (Å²) in [5.41, 5.74) is 6.01. The maximum Gasteiger partial charge on any atom is 0.0557 e. The van der Waals surface area contributed by atoms with Gasteiger partial charge in [0.05, 0.1) is 6.10 Å². The van der Waals surface area contributed by atoms with Crippen LogP contribution in [0.4, 0.5) is 0 Å². The molecule has 82 valence electrons. The van der Waals surface area contributed by atoms with Crippen LogP contribution in [0.3, 0.4) is 0 Å². The molecule has 0 aliphatic carbocycles. The highest BCUT2D eigenvalue weighted by molar-refractivity contribution is 4.90. The molecule has 0 aliphatic heterocycles. The highest BCUT2D eigenvalue weighted by Gasteiger charge is 2.33. The standard InChI is InChI=1S/C10H23NO.H2O/c1-5-9(8(4)12)10(11,6-2)7-3;/h8-9,12H,5-7,11H2,1-4H3;1H2. The first-order valence-electron chi connectivity index (χ1n) is 4.98. The van der Waals surface area contributed by atoms with E-state index in [1.165, 1.54) is 0 Å². The molecule has 0 aromatic carbocycles. The molecule has 0 radical (unpaired) electrons. The van der Waals surface area contributed by atoms with Gasteiger partial charge in [0.1, 0.15) is 0 Å². The smallest absolute Gasteiger partial charge is 0.0557 e. The molecule has 3 heteroatoms. The average Bonchev–Trinajstić information content (AvgIpc) is 2.04. The Kier molecular flexibility index (Phi) is 7.50. The van der Waals surface area contributed by atoms with Crippen LogP contribution in [0.25, 0.3) is 0 Å². The maximum atomic E-state index is 9.53. The van der Waals surface area contributed by atoms with Gasteiger partial charge in [0.2, 0.25) is 0 Å². The fourth-order valence-corrected chi connectivity index (χ4v) is 2.00. The normalized spacial score (nSPS) is 16.2. The molecule has 13 heavy (non-hydrogen) atoms. The van der Waals surface area contributed by atoms with E-state index < -0.39 is 0 Å². The zero-order chi connectivity index (χ0) is 9.78. The van der Waals surface area contributed by atoms with E-state index in [9.17, 15) is 5.11 Å². The minimum absolute atomic E-state index is 0. The number of hydrogen-bond donors (Lipinski definition) is 2. The minimum atomic E-state index is -0.292. The molecule has 0 spiro atoms. The van der Waals surface area contributed by atoms with Crippen LogP contribution >= 0.6 is 0 Å². The number of aliphatic hydroxyl groups is 1. The zero-order valence-corrected chi connectivity index (χ0v) is 9.30. The van der Waals surface area contributed by atoms with Gasteiger partial charge in [-0.05, 0) is 26.2 Å². The van der Waals surface area contributed by atoms with Crippen LogP contribution in [-0.2, 0) is 0 Å². The molecule has 0 amide bonds. The first kappa shape index (κ1) is 15.4. The van der Waals surface area contributed by atoms with Gasteiger partial charge in [-0.3, -0.25) is 0 Å². The van der Waals surface area contributed by atoms with Crippen LogP contribution in [0.15, 0.2) is 0 Å². The van der Waals surface area contributed by atoms with Crippen molar-refractivity contribution in [1.29, 1.82) is 0 Å². The van der Waals surface area contributed by atoms with Crippen molar-refractivity contribution in [1.82, 2.24) is 0 Å². The Morgan fingerprint density at radius 1 is 1.23 bits per heavy atom. The largest absolute Gasteiger partial charge is 0.412 e. The molecular formula is C10H25NO2. The third-order valence-corrected chi connectivity index (χ3v) is 3.08. The summed E-state index contributed by atoms with van der Waals surface area (Å²) in [7, 11) is 0. The van der Waals surface area contributed by atoms with Crippen molar-refractivity contribution in [3.05, 3.63) is 0 Å². The molecule has 0 aromatic rings. The fourth-order valence-electron chi connectivity index (χ4n) is 2.00. The van der Waals surface area contributed by atoms with Crippen molar-refractivity contribution in [2.24, 2.45) is 11.7 Å². The summed E-state index contributed by atoms with van der Waals surface area (Å²) in [6.07, 6.45) is 2.54. The Morgan fingerprint density at radius 3 is 1.69 bits per heavy atom. The van der Waals surface area contributed by atoms with Gasteiger partial charge in [-0.2, -0.15) is 0 Å². The van der Waals surface area contributed by atoms with Gasteiger partial charge in [-0.15, -0.1) is 0 Å². The third kappa shape index (κ3) is 3.63. The Hall–Kier alpha value is -0.120. The summed E-state index contributed by atoms with van der Waals surface area (Å²) in [6.45, 7) is 8.11. The van der Waals surface area contributed by atoms with E-state index in [1.54, 1.807) is 0 Å². The highest BCUT2D eigenvalue weighted by Crippen LogP contribution is 2.27. The molecule has 0 aliphatic rings. The Morgan fingerprint density at radius 2 is 1.62 bits per heavy atom. The number of aliphatic hydroxyl groups excluding tert-OH is 1. The second-order valence-corrected chi connectivity index (χ2v) is 3.70. The van der Waals surface area contributed by atoms with E-state index in [1.807, 2.05) is 6.92 Å². The molecule has 0 saturated carbocycles. The van der Waals surface area contributed by atoms with E-state index in [4.69, 9.17) is 5.73 Å². The van der Waals surface area contributed by atoms with Crippen LogP contribution in [0.1, 0.15) is 47.0 Å². The second kappa shape index (κ2) is 6.35. The van der Waals surface area contributed by atoms with E-state index in [2.05, 4.69) is 20.8 Å². The van der Waals surface area contributed by atoms with Crippen LogP contribution in [0, 0.1) is 5.92 Å². The summed E-state index contributed by atoms with van der Waals surface area (Å²) in [5.74, 6) is 0.229. The van der Waals surface area contributed by atoms with Crippen molar-refractivity contribution < 1.29 is 10.6 Å². The molecule has 0 aromatic heterocycles. The topological polar surface area (TPSA) is 77.8 Å². The predicted molar refractivity (Wildman–Crippen MR) is 56.6 cm³/mol. The molecule has 0 fully saturated rings. The second-order valence-electron chi connectivity index (χ2n) is 3.70. The molecule has 0 rings (SSSR count). The minimum Gasteiger partial charge on any atom is -0.412 e. The first-order chi connectivity index (χ1) is 5.51. The van der Waals surface area contributed by atoms with Crippen molar-refractivity contribution in [3.8, 4) is 0 Å². The summed E-state index contributed by atoms with van der Waals surface area (Å²) >= 11 is 0. The lowest BCUT2D eigenvalue weighted by Crippen LogP contribution is -2.50. The molecule has 0 saturated heterocycles. The summed E-state index contributed by atoms with van der Waals surface area (Å²) in [4.78, 5) is 0. The molecule has 2 unspecified atom stereocenters. The van der Waals surface area contributed by atoms with Crippen molar-refractivity contribution in [3.63, 3.8) is 0 Å². The zero-order valence-electron chi connectivity index (χ0n) is 9.30. The summed E-state index contributed by atoms with van der Waals surface area (Å²) < 4.78 is 0. The molecule has 0 heterocycles. The molecule has 0 bridgehead atoms. The van der Waals surface area contributed by atoms with Gasteiger partial charge in [0.25, 0.3) is 0 Å². The van der Waals surface area contributed by atoms with Gasteiger partial charge < -0.3 is 16.3 Å². The van der Waals surface area contributed by atoms with Gasteiger partial charge in [0.15, 0.2) is 0 Å². The summed E-state index contributed by atoms with van der Waals surface area (Å²) in [6, 6.07) is 0. The fraction of sp³-hybridized carbons (Fsp3) is 1.00. The molecule has 5 N–H and O–H groups in total. The maximum absolute atomic E-state index is 9.53. The van der Waals surface area contributed by atoms with Crippen molar-refractivity contribution >= 4 is 0 Å². The van der Waals surface area contributed by atoms with E-state index in [0.29, 0.717) is 0 Å². The quantitative estimate of drug-likeness (QED) is 0.682. The summed E-state index contributed by atoms with van der Waals surface area (Å²) in [5, 5.41) is 9.53. The molecule has 3 nitrogen and oxygen atoms in total. The van der Waals surface area contributed by atoms with Crippen LogP contribution < -0.4 is 5.73 Å². The van der Waals surface area contributed by atoms with Gasteiger partial charge in [-0.1, -0.05) is 20.8 Å². The lowest BCUT2D eigenvalue weighted by atomic mass is 9.76. The molecule has 2 atom stereocenters.